The van der Waals surface area contributed by atoms with E-state index in [2.05, 4.69) is 19.8 Å². The van der Waals surface area contributed by atoms with Gasteiger partial charge in [0.1, 0.15) is 0 Å². The van der Waals surface area contributed by atoms with Gasteiger partial charge < -0.3 is 9.80 Å². The first-order chi connectivity index (χ1) is 17.1. The molecule has 3 heterocycles. The molecule has 0 radical (unpaired) electrons. The highest BCUT2D eigenvalue weighted by atomic mass is 32.2. The summed E-state index contributed by atoms with van der Waals surface area (Å²) in [6.07, 6.45) is -2.63. The Hall–Kier alpha value is -3.67. The van der Waals surface area contributed by atoms with Crippen LogP contribution in [0.1, 0.15) is 18.4 Å². The molecule has 0 saturated carbocycles. The van der Waals surface area contributed by atoms with Crippen molar-refractivity contribution in [3.8, 4) is 11.3 Å². The maximum Gasteiger partial charge on any atom is 0.471 e. The molecule has 1 saturated heterocycles. The molecule has 12 heteroatoms. The number of alkyl halides is 3. The summed E-state index contributed by atoms with van der Waals surface area (Å²) in [6.45, 7) is 1.74. The Morgan fingerprint density at radius 2 is 1.72 bits per heavy atom. The van der Waals surface area contributed by atoms with Crippen LogP contribution in [0.5, 0.6) is 0 Å². The molecule has 2 aliphatic rings. The lowest BCUT2D eigenvalue weighted by atomic mass is 10.1. The molecule has 0 unspecified atom stereocenters. The summed E-state index contributed by atoms with van der Waals surface area (Å²) in [5, 5.41) is 8.58. The molecule has 0 atom stereocenters. The van der Waals surface area contributed by atoms with E-state index in [1.165, 1.54) is 18.2 Å². The topological polar surface area (TPSA) is 95.5 Å². The van der Waals surface area contributed by atoms with Crippen molar-refractivity contribution < 1.29 is 26.4 Å². The number of hydrogen-bond donors (Lipinski definition) is 1. The van der Waals surface area contributed by atoms with Gasteiger partial charge in [0.25, 0.3) is 10.0 Å². The minimum atomic E-state index is -5.00. The van der Waals surface area contributed by atoms with Crippen LogP contribution in [0.2, 0.25) is 0 Å². The SMILES string of the molecule is O=C(N1CCc2cc(S(=O)(=O)Nc3cccc(-c4ccc(N5CCCC5)nn4)c3)ccc21)C(F)(F)F. The smallest absolute Gasteiger partial charge is 0.355 e. The molecule has 5 rings (SSSR count). The van der Waals surface area contributed by atoms with Gasteiger partial charge in [0.05, 0.1) is 10.6 Å². The Morgan fingerprint density at radius 1 is 0.944 bits per heavy atom. The number of anilines is 3. The van der Waals surface area contributed by atoms with Crippen molar-refractivity contribution in [2.75, 3.05) is 34.2 Å². The zero-order valence-electron chi connectivity index (χ0n) is 19.0. The highest BCUT2D eigenvalue weighted by Gasteiger charge is 2.44. The predicted molar refractivity (Wildman–Crippen MR) is 128 cm³/mol. The van der Waals surface area contributed by atoms with Crippen molar-refractivity contribution in [1.29, 1.82) is 0 Å². The van der Waals surface area contributed by atoms with E-state index in [1.807, 2.05) is 12.1 Å². The molecule has 36 heavy (non-hydrogen) atoms. The fourth-order valence-electron chi connectivity index (χ4n) is 4.46. The summed E-state index contributed by atoms with van der Waals surface area (Å²) in [5.74, 6) is -1.16. The molecule has 3 aromatic rings. The van der Waals surface area contributed by atoms with Crippen LogP contribution in [-0.2, 0) is 21.2 Å². The first-order valence-electron chi connectivity index (χ1n) is 11.4. The van der Waals surface area contributed by atoms with Gasteiger partial charge in [-0.15, -0.1) is 10.2 Å². The van der Waals surface area contributed by atoms with Crippen LogP contribution in [0.4, 0.5) is 30.4 Å². The molecule has 1 N–H and O–H groups in total. The van der Waals surface area contributed by atoms with Crippen LogP contribution >= 0.6 is 0 Å². The number of halogens is 3. The number of carbonyl (C=O) groups is 1. The van der Waals surface area contributed by atoms with E-state index < -0.39 is 22.1 Å². The van der Waals surface area contributed by atoms with Crippen LogP contribution in [0, 0.1) is 0 Å². The lowest BCUT2D eigenvalue weighted by Crippen LogP contribution is -2.40. The third kappa shape index (κ3) is 4.72. The average Bonchev–Trinajstić information content (AvgIpc) is 3.53. The van der Waals surface area contributed by atoms with Crippen molar-refractivity contribution >= 4 is 33.1 Å². The highest BCUT2D eigenvalue weighted by molar-refractivity contribution is 7.92. The number of rotatable bonds is 5. The predicted octanol–water partition coefficient (Wildman–Crippen LogP) is 4.00. The van der Waals surface area contributed by atoms with E-state index in [0.29, 0.717) is 27.4 Å². The molecular formula is C24H22F3N5O3S. The maximum absolute atomic E-state index is 13.0. The third-order valence-electron chi connectivity index (χ3n) is 6.24. The van der Waals surface area contributed by atoms with Crippen molar-refractivity contribution in [3.63, 3.8) is 0 Å². The lowest BCUT2D eigenvalue weighted by molar-refractivity contribution is -0.170. The van der Waals surface area contributed by atoms with Crippen LogP contribution in [-0.4, -0.2) is 50.3 Å². The van der Waals surface area contributed by atoms with Gasteiger partial charge in [0, 0.05) is 36.6 Å². The molecule has 188 valence electrons. The Kier molecular flexibility index (Phi) is 6.07. The van der Waals surface area contributed by atoms with Gasteiger partial charge in [-0.2, -0.15) is 13.2 Å². The quantitative estimate of drug-likeness (QED) is 0.550. The fourth-order valence-corrected chi connectivity index (χ4v) is 5.56. The minimum absolute atomic E-state index is 0.0641. The fraction of sp³-hybridized carbons (Fsp3) is 0.292. The molecule has 8 nitrogen and oxygen atoms in total. The van der Waals surface area contributed by atoms with Crippen molar-refractivity contribution in [2.24, 2.45) is 0 Å². The van der Waals surface area contributed by atoms with Gasteiger partial charge >= 0.3 is 12.1 Å². The summed E-state index contributed by atoms with van der Waals surface area (Å²) in [7, 11) is -4.04. The van der Waals surface area contributed by atoms with Crippen molar-refractivity contribution in [1.82, 2.24) is 10.2 Å². The summed E-state index contributed by atoms with van der Waals surface area (Å²) in [6, 6.07) is 14.1. The lowest BCUT2D eigenvalue weighted by Gasteiger charge is -2.19. The van der Waals surface area contributed by atoms with Crippen LogP contribution < -0.4 is 14.5 Å². The van der Waals surface area contributed by atoms with Crippen molar-refractivity contribution in [2.45, 2.75) is 30.3 Å². The van der Waals surface area contributed by atoms with Crippen LogP contribution in [0.15, 0.2) is 59.5 Å². The maximum atomic E-state index is 13.0. The van der Waals surface area contributed by atoms with Gasteiger partial charge in [-0.25, -0.2) is 8.42 Å². The van der Waals surface area contributed by atoms with Gasteiger partial charge in [0.2, 0.25) is 0 Å². The first-order valence-corrected chi connectivity index (χ1v) is 12.8. The van der Waals surface area contributed by atoms with E-state index in [0.717, 1.165) is 31.7 Å². The van der Waals surface area contributed by atoms with Crippen LogP contribution in [0.25, 0.3) is 11.3 Å². The number of carbonyl (C=O) groups excluding carboxylic acids is 1. The summed E-state index contributed by atoms with van der Waals surface area (Å²) in [5.41, 5.74) is 1.98. The Balaban J connectivity index is 1.34. The molecular weight excluding hydrogens is 495 g/mol. The molecule has 0 spiro atoms. The largest absolute Gasteiger partial charge is 0.471 e. The van der Waals surface area contributed by atoms with Crippen LogP contribution in [0.3, 0.4) is 0 Å². The second-order valence-corrected chi connectivity index (χ2v) is 10.3. The number of sulfonamides is 1. The summed E-state index contributed by atoms with van der Waals surface area (Å²) in [4.78, 5) is 14.3. The number of amides is 1. The molecule has 0 bridgehead atoms. The molecule has 0 aliphatic carbocycles. The first kappa shape index (κ1) is 24.0. The van der Waals surface area contributed by atoms with E-state index in [4.69, 9.17) is 0 Å². The van der Waals surface area contributed by atoms with Crippen molar-refractivity contribution in [3.05, 3.63) is 60.2 Å². The number of aromatic nitrogens is 2. The number of benzene rings is 2. The zero-order valence-corrected chi connectivity index (χ0v) is 19.8. The Labute approximate surface area is 205 Å². The van der Waals surface area contributed by atoms with E-state index in [9.17, 15) is 26.4 Å². The average molecular weight is 518 g/mol. The van der Waals surface area contributed by atoms with Gasteiger partial charge in [-0.05, 0) is 67.3 Å². The molecule has 2 aliphatic heterocycles. The normalized spacial score (nSPS) is 15.8. The number of nitrogens with one attached hydrogen (secondary N) is 1. The second-order valence-electron chi connectivity index (χ2n) is 8.65. The Morgan fingerprint density at radius 3 is 2.42 bits per heavy atom. The molecule has 1 amide bonds. The minimum Gasteiger partial charge on any atom is -0.355 e. The standard InChI is InChI=1S/C24H22F3N5O3S/c25-24(26,27)23(33)32-13-10-17-15-19(6-8-21(17)32)36(34,35)30-18-5-3-4-16(14-18)20-7-9-22(29-28-20)31-11-1-2-12-31/h3-9,14-15,30H,1-2,10-13H2. The highest BCUT2D eigenvalue weighted by Crippen LogP contribution is 2.34. The van der Waals surface area contributed by atoms with E-state index >= 15 is 0 Å². The monoisotopic (exact) mass is 517 g/mol. The number of nitrogens with zero attached hydrogens (tertiary/aromatic N) is 4. The second kappa shape index (κ2) is 9.08. The van der Waals surface area contributed by atoms with E-state index in [1.54, 1.807) is 24.3 Å². The molecule has 2 aromatic carbocycles. The number of fused-ring (bicyclic) bond motifs is 1. The molecule has 1 fully saturated rings. The molecule has 1 aromatic heterocycles. The van der Waals surface area contributed by atoms with Gasteiger partial charge in [0.15, 0.2) is 5.82 Å². The van der Waals surface area contributed by atoms with Gasteiger partial charge in [-0.1, -0.05) is 12.1 Å². The Bertz CT molecular complexity index is 1410. The van der Waals surface area contributed by atoms with E-state index in [-0.39, 0.29) is 23.5 Å². The number of hydrogen-bond acceptors (Lipinski definition) is 6. The van der Waals surface area contributed by atoms with Gasteiger partial charge in [-0.3, -0.25) is 9.52 Å². The summed E-state index contributed by atoms with van der Waals surface area (Å²) >= 11 is 0. The summed E-state index contributed by atoms with van der Waals surface area (Å²) < 4.78 is 67.1. The third-order valence-corrected chi connectivity index (χ3v) is 7.61. The zero-order chi connectivity index (χ0) is 25.5.